The van der Waals surface area contributed by atoms with Gasteiger partial charge in [0.25, 0.3) is 0 Å². The third kappa shape index (κ3) is 4.28. The molecule has 1 aliphatic heterocycles. The molecule has 0 aromatic heterocycles. The summed E-state index contributed by atoms with van der Waals surface area (Å²) in [6.45, 7) is 6.14. The summed E-state index contributed by atoms with van der Waals surface area (Å²) < 4.78 is 11.7. The molecule has 2 aromatic carbocycles. The number of benzene rings is 2. The summed E-state index contributed by atoms with van der Waals surface area (Å²) in [5, 5.41) is 21.5. The van der Waals surface area contributed by atoms with E-state index in [9.17, 15) is 15.3 Å². The number of rotatable bonds is 6. The van der Waals surface area contributed by atoms with Gasteiger partial charge in [0.2, 0.25) is 5.91 Å². The molecule has 1 heterocycles. The van der Waals surface area contributed by atoms with E-state index in [0.717, 1.165) is 0 Å². The maximum atomic E-state index is 11.5. The number of para-hydroxylation sites is 1. The van der Waals surface area contributed by atoms with Crippen molar-refractivity contribution in [3.63, 3.8) is 0 Å². The number of hydrogen-bond acceptors (Lipinski definition) is 5. The van der Waals surface area contributed by atoms with Gasteiger partial charge in [0, 0.05) is 34.9 Å². The van der Waals surface area contributed by atoms with Crippen molar-refractivity contribution < 1.29 is 14.3 Å². The molecule has 1 amide bonds. The predicted octanol–water partition coefficient (Wildman–Crippen LogP) is 4.10. The molecule has 6 nitrogen and oxygen atoms in total. The third-order valence-electron chi connectivity index (χ3n) is 4.34. The largest absolute Gasteiger partial charge is 0.493 e. The number of nitriles is 2. The Kier molecular flexibility index (Phi) is 5.97. The van der Waals surface area contributed by atoms with Crippen molar-refractivity contribution in [3.05, 3.63) is 71.3 Å². The molecule has 6 heteroatoms. The standard InChI is InChI=1S/C23H19N3O3/c1-15(2)23(27)26-10-5-11-28-17-8-9-19-21(12-17)29-20-7-4-3-6-18(20)22(19)16(13-24)14-25/h3-4,6-9,12H,1,5,10-11H2,2H3,(H,26,27). The van der Waals surface area contributed by atoms with Crippen LogP contribution in [0.15, 0.2) is 60.2 Å². The third-order valence-corrected chi connectivity index (χ3v) is 4.34. The lowest BCUT2D eigenvalue weighted by atomic mass is 9.90. The molecule has 0 fully saturated rings. The van der Waals surface area contributed by atoms with Crippen LogP contribution in [-0.4, -0.2) is 19.1 Å². The lowest BCUT2D eigenvalue weighted by molar-refractivity contribution is -0.117. The normalized spacial score (nSPS) is 11.1. The molecule has 0 spiro atoms. The fourth-order valence-corrected chi connectivity index (χ4v) is 2.93. The van der Waals surface area contributed by atoms with E-state index in [0.29, 0.717) is 59.1 Å². The summed E-state index contributed by atoms with van der Waals surface area (Å²) in [7, 11) is 0. The van der Waals surface area contributed by atoms with Crippen LogP contribution in [0.1, 0.15) is 24.5 Å². The van der Waals surface area contributed by atoms with Gasteiger partial charge in [-0.2, -0.15) is 10.5 Å². The first-order valence-electron chi connectivity index (χ1n) is 9.07. The monoisotopic (exact) mass is 385 g/mol. The quantitative estimate of drug-likeness (QED) is 0.391. The van der Waals surface area contributed by atoms with E-state index in [1.54, 1.807) is 31.2 Å². The molecule has 144 valence electrons. The minimum Gasteiger partial charge on any atom is -0.493 e. The summed E-state index contributed by atoms with van der Waals surface area (Å²) in [5.41, 5.74) is 2.43. The smallest absolute Gasteiger partial charge is 0.246 e. The molecule has 0 radical (unpaired) electrons. The Morgan fingerprint density at radius 1 is 1.14 bits per heavy atom. The topological polar surface area (TPSA) is 95.1 Å². The zero-order valence-electron chi connectivity index (χ0n) is 16.0. The Hall–Kier alpha value is -4.03. The van der Waals surface area contributed by atoms with Crippen molar-refractivity contribution in [2.75, 3.05) is 13.2 Å². The summed E-state index contributed by atoms with van der Waals surface area (Å²) in [6, 6.07) is 16.5. The summed E-state index contributed by atoms with van der Waals surface area (Å²) in [4.78, 5) is 11.5. The Bertz CT molecular complexity index is 1070. The predicted molar refractivity (Wildman–Crippen MR) is 108 cm³/mol. The van der Waals surface area contributed by atoms with Crippen LogP contribution in [-0.2, 0) is 4.79 Å². The number of nitrogens with one attached hydrogen (secondary N) is 1. The number of fused-ring (bicyclic) bond motifs is 2. The van der Waals surface area contributed by atoms with Gasteiger partial charge in [-0.05, 0) is 31.5 Å². The SMILES string of the molecule is C=C(C)C(=O)NCCCOc1ccc2c(c1)Oc1ccccc1C2=C(C#N)C#N. The Morgan fingerprint density at radius 2 is 1.86 bits per heavy atom. The first kappa shape index (κ1) is 19.7. The van der Waals surface area contributed by atoms with E-state index in [4.69, 9.17) is 9.47 Å². The summed E-state index contributed by atoms with van der Waals surface area (Å²) in [6.07, 6.45) is 0.637. The molecule has 3 rings (SSSR count). The van der Waals surface area contributed by atoms with Gasteiger partial charge < -0.3 is 14.8 Å². The second-order valence-electron chi connectivity index (χ2n) is 6.47. The number of nitrogens with zero attached hydrogens (tertiary/aromatic N) is 2. The van der Waals surface area contributed by atoms with Gasteiger partial charge in [-0.1, -0.05) is 24.8 Å². The van der Waals surface area contributed by atoms with E-state index in [-0.39, 0.29) is 11.5 Å². The second kappa shape index (κ2) is 8.77. The van der Waals surface area contributed by atoms with Crippen molar-refractivity contribution in [3.8, 4) is 29.4 Å². The molecular formula is C23H19N3O3. The molecule has 1 N–H and O–H groups in total. The van der Waals surface area contributed by atoms with E-state index >= 15 is 0 Å². The highest BCUT2D eigenvalue weighted by molar-refractivity contribution is 5.93. The average Bonchev–Trinajstić information content (AvgIpc) is 2.73. The van der Waals surface area contributed by atoms with Crippen molar-refractivity contribution in [1.82, 2.24) is 5.32 Å². The van der Waals surface area contributed by atoms with Crippen LogP contribution >= 0.6 is 0 Å². The van der Waals surface area contributed by atoms with Crippen LogP contribution in [0.4, 0.5) is 0 Å². The van der Waals surface area contributed by atoms with E-state index < -0.39 is 0 Å². The van der Waals surface area contributed by atoms with E-state index in [1.807, 2.05) is 30.3 Å². The number of carbonyl (C=O) groups is 1. The second-order valence-corrected chi connectivity index (χ2v) is 6.47. The number of allylic oxidation sites excluding steroid dienone is 1. The van der Waals surface area contributed by atoms with Gasteiger partial charge in [0.05, 0.1) is 6.61 Å². The number of carbonyl (C=O) groups excluding carboxylic acids is 1. The highest BCUT2D eigenvalue weighted by Crippen LogP contribution is 2.45. The van der Waals surface area contributed by atoms with E-state index in [2.05, 4.69) is 11.9 Å². The zero-order valence-corrected chi connectivity index (χ0v) is 16.0. The highest BCUT2D eigenvalue weighted by Gasteiger charge is 2.25. The molecule has 2 aromatic rings. The lowest BCUT2D eigenvalue weighted by Gasteiger charge is -2.23. The molecule has 0 aliphatic carbocycles. The van der Waals surface area contributed by atoms with Gasteiger partial charge in [-0.3, -0.25) is 4.79 Å². The summed E-state index contributed by atoms with van der Waals surface area (Å²) in [5.74, 6) is 1.53. The fraction of sp³-hybridized carbons (Fsp3) is 0.174. The number of hydrogen-bond donors (Lipinski definition) is 1. The van der Waals surface area contributed by atoms with Crippen LogP contribution in [0, 0.1) is 22.7 Å². The maximum absolute atomic E-state index is 11.5. The Morgan fingerprint density at radius 3 is 2.59 bits per heavy atom. The minimum absolute atomic E-state index is 0.0314. The fourth-order valence-electron chi connectivity index (χ4n) is 2.93. The van der Waals surface area contributed by atoms with Gasteiger partial charge in [-0.25, -0.2) is 0 Å². The molecule has 1 aliphatic rings. The molecule has 29 heavy (non-hydrogen) atoms. The van der Waals surface area contributed by atoms with Crippen LogP contribution in [0.25, 0.3) is 5.57 Å². The molecular weight excluding hydrogens is 366 g/mol. The van der Waals surface area contributed by atoms with Gasteiger partial charge in [-0.15, -0.1) is 0 Å². The number of ether oxygens (including phenoxy) is 2. The van der Waals surface area contributed by atoms with Crippen LogP contribution < -0.4 is 14.8 Å². The highest BCUT2D eigenvalue weighted by atomic mass is 16.5. The minimum atomic E-state index is -0.170. The zero-order chi connectivity index (χ0) is 20.8. The van der Waals surface area contributed by atoms with E-state index in [1.165, 1.54) is 0 Å². The van der Waals surface area contributed by atoms with Crippen LogP contribution in [0.5, 0.6) is 17.2 Å². The summed E-state index contributed by atoms with van der Waals surface area (Å²) >= 11 is 0. The maximum Gasteiger partial charge on any atom is 0.246 e. The first-order valence-corrected chi connectivity index (χ1v) is 9.07. The molecule has 0 unspecified atom stereocenters. The van der Waals surface area contributed by atoms with Crippen molar-refractivity contribution in [1.29, 1.82) is 10.5 Å². The lowest BCUT2D eigenvalue weighted by Crippen LogP contribution is -2.25. The van der Waals surface area contributed by atoms with Crippen LogP contribution in [0.2, 0.25) is 0 Å². The van der Waals surface area contributed by atoms with Crippen molar-refractivity contribution >= 4 is 11.5 Å². The first-order chi connectivity index (χ1) is 14.0. The van der Waals surface area contributed by atoms with Gasteiger partial charge in [0.15, 0.2) is 0 Å². The van der Waals surface area contributed by atoms with Crippen molar-refractivity contribution in [2.24, 2.45) is 0 Å². The molecule has 0 bridgehead atoms. The Labute approximate surface area is 169 Å². The Balaban J connectivity index is 1.77. The average molecular weight is 385 g/mol. The van der Waals surface area contributed by atoms with Gasteiger partial charge >= 0.3 is 0 Å². The number of amides is 1. The molecule has 0 saturated carbocycles. The van der Waals surface area contributed by atoms with Crippen LogP contribution in [0.3, 0.4) is 0 Å². The van der Waals surface area contributed by atoms with Gasteiger partial charge in [0.1, 0.15) is 35.0 Å². The molecule has 0 saturated heterocycles. The van der Waals surface area contributed by atoms with Crippen molar-refractivity contribution in [2.45, 2.75) is 13.3 Å². The molecule has 0 atom stereocenters.